The average molecular weight is 321 g/mol. The number of carbonyl (C=O) groups is 1. The molecule has 2 heterocycles. The molecule has 20 heavy (non-hydrogen) atoms. The molecule has 6 nitrogen and oxygen atoms in total. The second-order valence-corrected chi connectivity index (χ2v) is 6.07. The van der Waals surface area contributed by atoms with E-state index in [0.29, 0.717) is 24.3 Å². The van der Waals surface area contributed by atoms with Gasteiger partial charge in [0.15, 0.2) is 0 Å². The molecule has 1 aliphatic heterocycles. The van der Waals surface area contributed by atoms with Gasteiger partial charge in [-0.2, -0.15) is 0 Å². The van der Waals surface area contributed by atoms with Gasteiger partial charge in [-0.05, 0) is 18.8 Å². The molecule has 2 rings (SSSR count). The Morgan fingerprint density at radius 1 is 1.40 bits per heavy atom. The van der Waals surface area contributed by atoms with Crippen LogP contribution in [0.1, 0.15) is 37.6 Å². The van der Waals surface area contributed by atoms with Crippen LogP contribution >= 0.6 is 23.7 Å². The minimum atomic E-state index is -0.504. The van der Waals surface area contributed by atoms with Crippen molar-refractivity contribution in [2.24, 2.45) is 11.7 Å². The first-order valence-corrected chi connectivity index (χ1v) is 7.37. The number of ether oxygens (including phenoxy) is 1. The Morgan fingerprint density at radius 3 is 2.60 bits per heavy atom. The molecule has 1 aromatic rings. The summed E-state index contributed by atoms with van der Waals surface area (Å²) < 4.78 is 5.27. The maximum atomic E-state index is 12.1. The molecule has 0 bridgehead atoms. The summed E-state index contributed by atoms with van der Waals surface area (Å²) in [5.74, 6) is 0.317. The van der Waals surface area contributed by atoms with Crippen LogP contribution in [-0.4, -0.2) is 35.4 Å². The van der Waals surface area contributed by atoms with Gasteiger partial charge in [-0.25, -0.2) is 0 Å². The topological polar surface area (TPSA) is 90.1 Å². The predicted molar refractivity (Wildman–Crippen MR) is 81.4 cm³/mol. The second-order valence-electron chi connectivity index (χ2n) is 5.06. The van der Waals surface area contributed by atoms with Crippen LogP contribution < -0.4 is 11.1 Å². The van der Waals surface area contributed by atoms with Crippen molar-refractivity contribution in [2.75, 3.05) is 18.5 Å². The van der Waals surface area contributed by atoms with Crippen molar-refractivity contribution < 1.29 is 9.53 Å². The van der Waals surface area contributed by atoms with E-state index in [2.05, 4.69) is 15.5 Å². The van der Waals surface area contributed by atoms with Gasteiger partial charge in [-0.15, -0.1) is 22.6 Å². The van der Waals surface area contributed by atoms with Crippen molar-refractivity contribution in [3.8, 4) is 0 Å². The third-order valence-corrected chi connectivity index (χ3v) is 4.38. The Balaban J connectivity index is 0.00000200. The molecule has 1 unspecified atom stereocenters. The molecule has 0 saturated carbocycles. The number of rotatable bonds is 4. The molecule has 0 spiro atoms. The molecule has 1 amide bonds. The zero-order chi connectivity index (χ0) is 13.8. The van der Waals surface area contributed by atoms with E-state index < -0.39 is 6.04 Å². The van der Waals surface area contributed by atoms with E-state index in [1.807, 2.05) is 13.8 Å². The van der Waals surface area contributed by atoms with E-state index >= 15 is 0 Å². The van der Waals surface area contributed by atoms with Crippen LogP contribution in [0.25, 0.3) is 0 Å². The van der Waals surface area contributed by atoms with Gasteiger partial charge in [-0.3, -0.25) is 10.1 Å². The van der Waals surface area contributed by atoms with Crippen molar-refractivity contribution in [1.29, 1.82) is 0 Å². The molecule has 8 heteroatoms. The van der Waals surface area contributed by atoms with E-state index in [-0.39, 0.29) is 24.2 Å². The fourth-order valence-electron chi connectivity index (χ4n) is 2.00. The molecule has 1 fully saturated rings. The highest BCUT2D eigenvalue weighted by atomic mass is 35.5. The van der Waals surface area contributed by atoms with Crippen molar-refractivity contribution in [3.63, 3.8) is 0 Å². The maximum Gasteiger partial charge on any atom is 0.243 e. The lowest BCUT2D eigenvalue weighted by molar-refractivity contribution is -0.119. The summed E-state index contributed by atoms with van der Waals surface area (Å²) in [4.78, 5) is 12.1. The molecule has 3 N–H and O–H groups in total. The zero-order valence-electron chi connectivity index (χ0n) is 11.7. The SMILES string of the molecule is CC(C)c1nnc(NC(=O)C(N)C2CCOCC2)s1.Cl. The van der Waals surface area contributed by atoms with Crippen molar-refractivity contribution in [2.45, 2.75) is 38.6 Å². The first-order chi connectivity index (χ1) is 9.08. The molecule has 1 saturated heterocycles. The first kappa shape index (κ1) is 17.3. The van der Waals surface area contributed by atoms with Crippen LogP contribution in [0.3, 0.4) is 0 Å². The van der Waals surface area contributed by atoms with Crippen LogP contribution in [0.2, 0.25) is 0 Å². The smallest absolute Gasteiger partial charge is 0.243 e. The van der Waals surface area contributed by atoms with Crippen molar-refractivity contribution in [3.05, 3.63) is 5.01 Å². The lowest BCUT2D eigenvalue weighted by atomic mass is 9.92. The molecule has 0 aromatic carbocycles. The van der Waals surface area contributed by atoms with Gasteiger partial charge in [0, 0.05) is 19.1 Å². The number of anilines is 1. The standard InChI is InChI=1S/C12H20N4O2S.ClH/c1-7(2)11-15-16-12(19-11)14-10(17)9(13)8-3-5-18-6-4-8;/h7-9H,3-6,13H2,1-2H3,(H,14,16,17);1H. The van der Waals surface area contributed by atoms with Gasteiger partial charge < -0.3 is 10.5 Å². The number of nitrogens with one attached hydrogen (secondary N) is 1. The number of nitrogens with two attached hydrogens (primary N) is 1. The highest BCUT2D eigenvalue weighted by Gasteiger charge is 2.27. The minimum Gasteiger partial charge on any atom is -0.381 e. The van der Waals surface area contributed by atoms with E-state index in [9.17, 15) is 4.79 Å². The predicted octanol–water partition coefficient (Wildman–Crippen LogP) is 1.78. The number of hydrogen-bond donors (Lipinski definition) is 2. The minimum absolute atomic E-state index is 0. The van der Waals surface area contributed by atoms with E-state index in [0.717, 1.165) is 17.8 Å². The average Bonchev–Trinajstić information content (AvgIpc) is 2.87. The highest BCUT2D eigenvalue weighted by Crippen LogP contribution is 2.23. The summed E-state index contributed by atoms with van der Waals surface area (Å²) in [6.07, 6.45) is 1.67. The molecule has 1 atom stereocenters. The molecule has 0 aliphatic carbocycles. The fraction of sp³-hybridized carbons (Fsp3) is 0.750. The van der Waals surface area contributed by atoms with Crippen LogP contribution in [0.15, 0.2) is 0 Å². The lowest BCUT2D eigenvalue weighted by Gasteiger charge is -2.26. The molecule has 0 radical (unpaired) electrons. The Hall–Kier alpha value is -0.760. The Bertz CT molecular complexity index is 435. The molecular formula is C12H21ClN4O2S. The summed E-state index contributed by atoms with van der Waals surface area (Å²) in [6, 6.07) is -0.504. The van der Waals surface area contributed by atoms with Gasteiger partial charge in [0.25, 0.3) is 0 Å². The molecule has 1 aliphatic rings. The summed E-state index contributed by atoms with van der Waals surface area (Å²) in [6.45, 7) is 5.45. The van der Waals surface area contributed by atoms with Gasteiger partial charge in [0.1, 0.15) is 5.01 Å². The number of halogens is 1. The van der Waals surface area contributed by atoms with Gasteiger partial charge in [-0.1, -0.05) is 25.2 Å². The van der Waals surface area contributed by atoms with E-state index in [1.165, 1.54) is 11.3 Å². The van der Waals surface area contributed by atoms with E-state index in [1.54, 1.807) is 0 Å². The summed E-state index contributed by atoms with van der Waals surface area (Å²) in [5.41, 5.74) is 6.00. The van der Waals surface area contributed by atoms with Crippen LogP contribution in [0.5, 0.6) is 0 Å². The quantitative estimate of drug-likeness (QED) is 0.882. The van der Waals surface area contributed by atoms with Gasteiger partial charge in [0.2, 0.25) is 11.0 Å². The fourth-order valence-corrected chi connectivity index (χ4v) is 2.74. The van der Waals surface area contributed by atoms with Crippen molar-refractivity contribution >= 4 is 34.8 Å². The summed E-state index contributed by atoms with van der Waals surface area (Å²) in [7, 11) is 0. The Morgan fingerprint density at radius 2 is 2.05 bits per heavy atom. The zero-order valence-corrected chi connectivity index (χ0v) is 13.3. The Labute approximate surface area is 128 Å². The first-order valence-electron chi connectivity index (χ1n) is 6.55. The number of carbonyl (C=O) groups excluding carboxylic acids is 1. The van der Waals surface area contributed by atoms with Gasteiger partial charge >= 0.3 is 0 Å². The number of amides is 1. The van der Waals surface area contributed by atoms with Crippen LogP contribution in [0, 0.1) is 5.92 Å². The molecular weight excluding hydrogens is 300 g/mol. The molecule has 114 valence electrons. The largest absolute Gasteiger partial charge is 0.381 e. The number of aromatic nitrogens is 2. The highest BCUT2D eigenvalue weighted by molar-refractivity contribution is 7.15. The van der Waals surface area contributed by atoms with Gasteiger partial charge in [0.05, 0.1) is 6.04 Å². The van der Waals surface area contributed by atoms with Crippen molar-refractivity contribution in [1.82, 2.24) is 10.2 Å². The molecule has 1 aromatic heterocycles. The Kier molecular flexibility index (Phi) is 6.81. The third kappa shape index (κ3) is 4.37. The summed E-state index contributed by atoms with van der Waals surface area (Å²) in [5, 5.41) is 12.2. The maximum absolute atomic E-state index is 12.1. The third-order valence-electron chi connectivity index (χ3n) is 3.24. The lowest BCUT2D eigenvalue weighted by Crippen LogP contribution is -2.43. The summed E-state index contributed by atoms with van der Waals surface area (Å²) >= 11 is 1.40. The second kappa shape index (κ2) is 7.87. The van der Waals surface area contributed by atoms with Crippen LogP contribution in [-0.2, 0) is 9.53 Å². The normalized spacial score (nSPS) is 17.6. The van der Waals surface area contributed by atoms with E-state index in [4.69, 9.17) is 10.5 Å². The number of hydrogen-bond acceptors (Lipinski definition) is 6. The monoisotopic (exact) mass is 320 g/mol. The van der Waals surface area contributed by atoms with Crippen LogP contribution in [0.4, 0.5) is 5.13 Å². The number of nitrogens with zero attached hydrogens (tertiary/aromatic N) is 2.